The van der Waals surface area contributed by atoms with Crippen molar-refractivity contribution in [1.82, 2.24) is 4.90 Å². The molecule has 6 nitrogen and oxygen atoms in total. The molecular formula is C12H17N3O3. The van der Waals surface area contributed by atoms with Gasteiger partial charge in [0.1, 0.15) is 5.69 Å². The number of nitro benzene ring substituents is 1. The van der Waals surface area contributed by atoms with Crippen LogP contribution < -0.4 is 5.32 Å². The molecule has 2 amide bonds. The van der Waals surface area contributed by atoms with Gasteiger partial charge >= 0.3 is 6.03 Å². The standard InChI is InChI=1S/C12H17N3O3/c1-5-14(4)12(16)13-10-6-8(2)9(3)7-11(10)15(17)18/h6-7H,5H2,1-4H3,(H,13,16). The molecule has 1 aromatic carbocycles. The SMILES string of the molecule is CCN(C)C(=O)Nc1cc(C)c(C)cc1[N+](=O)[O-]. The molecule has 1 aromatic rings. The number of urea groups is 1. The second-order valence-electron chi connectivity index (χ2n) is 4.16. The first kappa shape index (κ1) is 14.0. The van der Waals surface area contributed by atoms with Crippen molar-refractivity contribution in [3.63, 3.8) is 0 Å². The van der Waals surface area contributed by atoms with E-state index in [1.54, 1.807) is 20.0 Å². The Morgan fingerprint density at radius 3 is 2.44 bits per heavy atom. The highest BCUT2D eigenvalue weighted by molar-refractivity contribution is 5.92. The molecule has 0 bridgehead atoms. The molecule has 0 heterocycles. The maximum Gasteiger partial charge on any atom is 0.321 e. The highest BCUT2D eigenvalue weighted by Crippen LogP contribution is 2.28. The Kier molecular flexibility index (Phi) is 4.25. The van der Waals surface area contributed by atoms with Gasteiger partial charge in [-0.3, -0.25) is 10.1 Å². The molecular weight excluding hydrogens is 234 g/mol. The number of hydrogen-bond acceptors (Lipinski definition) is 3. The van der Waals surface area contributed by atoms with E-state index >= 15 is 0 Å². The molecule has 6 heteroatoms. The predicted octanol–water partition coefficient (Wildman–Crippen LogP) is 2.70. The van der Waals surface area contributed by atoms with Crippen molar-refractivity contribution in [3.8, 4) is 0 Å². The number of amides is 2. The van der Waals surface area contributed by atoms with Crippen LogP contribution >= 0.6 is 0 Å². The van der Waals surface area contributed by atoms with Gasteiger partial charge < -0.3 is 10.2 Å². The first-order valence-electron chi connectivity index (χ1n) is 5.64. The van der Waals surface area contributed by atoms with Gasteiger partial charge in [-0.15, -0.1) is 0 Å². The Labute approximate surface area is 106 Å². The third kappa shape index (κ3) is 2.97. The molecule has 0 radical (unpaired) electrons. The van der Waals surface area contributed by atoms with E-state index in [1.807, 2.05) is 13.8 Å². The van der Waals surface area contributed by atoms with E-state index in [0.29, 0.717) is 6.54 Å². The highest BCUT2D eigenvalue weighted by atomic mass is 16.6. The lowest BCUT2D eigenvalue weighted by molar-refractivity contribution is -0.384. The van der Waals surface area contributed by atoms with Gasteiger partial charge in [-0.05, 0) is 38.0 Å². The number of rotatable bonds is 3. The van der Waals surface area contributed by atoms with Gasteiger partial charge in [0, 0.05) is 19.7 Å². The van der Waals surface area contributed by atoms with E-state index in [0.717, 1.165) is 11.1 Å². The summed E-state index contributed by atoms with van der Waals surface area (Å²) < 4.78 is 0. The molecule has 0 aliphatic heterocycles. The van der Waals surface area contributed by atoms with Gasteiger partial charge in [0.25, 0.3) is 5.69 Å². The summed E-state index contributed by atoms with van der Waals surface area (Å²) in [6.45, 7) is 6.00. The Balaban J connectivity index is 3.11. The molecule has 1 rings (SSSR count). The van der Waals surface area contributed by atoms with Crippen molar-refractivity contribution in [2.75, 3.05) is 18.9 Å². The first-order chi connectivity index (χ1) is 8.36. The van der Waals surface area contributed by atoms with Crippen LogP contribution in [0.2, 0.25) is 0 Å². The second kappa shape index (κ2) is 5.48. The fourth-order valence-electron chi connectivity index (χ4n) is 1.41. The van der Waals surface area contributed by atoms with E-state index < -0.39 is 4.92 Å². The van der Waals surface area contributed by atoms with Crippen molar-refractivity contribution in [2.45, 2.75) is 20.8 Å². The molecule has 0 aliphatic rings. The summed E-state index contributed by atoms with van der Waals surface area (Å²) in [6, 6.07) is 2.73. The van der Waals surface area contributed by atoms with Gasteiger partial charge in [0.2, 0.25) is 0 Å². The minimum absolute atomic E-state index is 0.0871. The summed E-state index contributed by atoms with van der Waals surface area (Å²) in [7, 11) is 1.63. The van der Waals surface area contributed by atoms with Crippen molar-refractivity contribution >= 4 is 17.4 Å². The van der Waals surface area contributed by atoms with Gasteiger partial charge in [-0.1, -0.05) is 0 Å². The lowest BCUT2D eigenvalue weighted by Crippen LogP contribution is -2.31. The van der Waals surface area contributed by atoms with Crippen LogP contribution in [0, 0.1) is 24.0 Å². The number of nitrogens with one attached hydrogen (secondary N) is 1. The van der Waals surface area contributed by atoms with E-state index in [1.165, 1.54) is 11.0 Å². The van der Waals surface area contributed by atoms with Crippen LogP contribution in [0.15, 0.2) is 12.1 Å². The molecule has 0 saturated heterocycles. The number of nitro groups is 1. The van der Waals surface area contributed by atoms with E-state index in [2.05, 4.69) is 5.32 Å². The Morgan fingerprint density at radius 2 is 1.94 bits per heavy atom. The van der Waals surface area contributed by atoms with Crippen LogP contribution in [-0.2, 0) is 0 Å². The molecule has 0 atom stereocenters. The molecule has 0 aromatic heterocycles. The van der Waals surface area contributed by atoms with Crippen LogP contribution in [0.3, 0.4) is 0 Å². The van der Waals surface area contributed by atoms with Crippen LogP contribution in [0.5, 0.6) is 0 Å². The van der Waals surface area contributed by atoms with Crippen LogP contribution in [0.25, 0.3) is 0 Å². The Morgan fingerprint density at radius 1 is 1.39 bits per heavy atom. The van der Waals surface area contributed by atoms with Gasteiger partial charge in [0.15, 0.2) is 0 Å². The monoisotopic (exact) mass is 251 g/mol. The maximum absolute atomic E-state index is 11.7. The first-order valence-corrected chi connectivity index (χ1v) is 5.64. The number of hydrogen-bond donors (Lipinski definition) is 1. The Bertz CT molecular complexity index is 486. The molecule has 0 spiro atoms. The summed E-state index contributed by atoms with van der Waals surface area (Å²) in [5.74, 6) is 0. The quantitative estimate of drug-likeness (QED) is 0.662. The smallest absolute Gasteiger partial charge is 0.321 e. The maximum atomic E-state index is 11.7. The molecule has 18 heavy (non-hydrogen) atoms. The van der Waals surface area contributed by atoms with Crippen LogP contribution in [0.1, 0.15) is 18.1 Å². The third-order valence-corrected chi connectivity index (χ3v) is 2.87. The lowest BCUT2D eigenvalue weighted by Gasteiger charge is -2.16. The number of carbonyl (C=O) groups is 1. The van der Waals surface area contributed by atoms with Crippen molar-refractivity contribution in [1.29, 1.82) is 0 Å². The van der Waals surface area contributed by atoms with Crippen molar-refractivity contribution in [3.05, 3.63) is 33.4 Å². The van der Waals surface area contributed by atoms with E-state index in [-0.39, 0.29) is 17.4 Å². The average Bonchev–Trinajstić information content (AvgIpc) is 2.31. The second-order valence-corrected chi connectivity index (χ2v) is 4.16. The number of aryl methyl sites for hydroxylation is 2. The average molecular weight is 251 g/mol. The highest BCUT2D eigenvalue weighted by Gasteiger charge is 2.18. The van der Waals surface area contributed by atoms with Gasteiger partial charge in [-0.25, -0.2) is 4.79 Å². The normalized spacial score (nSPS) is 10.0. The molecule has 1 N–H and O–H groups in total. The summed E-state index contributed by atoms with van der Waals surface area (Å²) in [5.41, 5.74) is 1.86. The molecule has 98 valence electrons. The zero-order chi connectivity index (χ0) is 13.9. The molecule has 0 saturated carbocycles. The molecule has 0 fully saturated rings. The van der Waals surface area contributed by atoms with Crippen LogP contribution in [-0.4, -0.2) is 29.4 Å². The summed E-state index contributed by atoms with van der Waals surface area (Å²) in [5, 5.41) is 13.5. The minimum Gasteiger partial charge on any atom is -0.328 e. The number of nitrogens with zero attached hydrogens (tertiary/aromatic N) is 2. The fourth-order valence-corrected chi connectivity index (χ4v) is 1.41. The lowest BCUT2D eigenvalue weighted by atomic mass is 10.1. The summed E-state index contributed by atoms with van der Waals surface area (Å²) >= 11 is 0. The number of benzene rings is 1. The summed E-state index contributed by atoms with van der Waals surface area (Å²) in [6.07, 6.45) is 0. The topological polar surface area (TPSA) is 75.5 Å². The number of carbonyl (C=O) groups excluding carboxylic acids is 1. The van der Waals surface area contributed by atoms with Crippen molar-refractivity contribution in [2.24, 2.45) is 0 Å². The van der Waals surface area contributed by atoms with E-state index in [4.69, 9.17) is 0 Å². The van der Waals surface area contributed by atoms with Gasteiger partial charge in [-0.2, -0.15) is 0 Å². The predicted molar refractivity (Wildman–Crippen MR) is 69.9 cm³/mol. The molecule has 0 aliphatic carbocycles. The minimum atomic E-state index is -0.492. The van der Waals surface area contributed by atoms with E-state index in [9.17, 15) is 14.9 Å². The number of anilines is 1. The molecule has 0 unspecified atom stereocenters. The fraction of sp³-hybridized carbons (Fsp3) is 0.417. The third-order valence-electron chi connectivity index (χ3n) is 2.87. The van der Waals surface area contributed by atoms with Crippen LogP contribution in [0.4, 0.5) is 16.2 Å². The summed E-state index contributed by atoms with van der Waals surface area (Å²) in [4.78, 5) is 23.6. The zero-order valence-corrected chi connectivity index (χ0v) is 11.0. The zero-order valence-electron chi connectivity index (χ0n) is 11.0. The van der Waals surface area contributed by atoms with Crippen molar-refractivity contribution < 1.29 is 9.72 Å². The van der Waals surface area contributed by atoms with Gasteiger partial charge in [0.05, 0.1) is 4.92 Å². The Hall–Kier alpha value is -2.11. The largest absolute Gasteiger partial charge is 0.328 e.